The van der Waals surface area contributed by atoms with Crippen LogP contribution in [-0.2, 0) is 0 Å². The van der Waals surface area contributed by atoms with Crippen LogP contribution in [0.15, 0.2) is 11.4 Å². The molecule has 0 spiro atoms. The van der Waals surface area contributed by atoms with Crippen LogP contribution in [-0.4, -0.2) is 23.5 Å². The lowest BCUT2D eigenvalue weighted by Crippen LogP contribution is -2.38. The summed E-state index contributed by atoms with van der Waals surface area (Å²) in [6.07, 6.45) is 2.34. The molecule has 1 aromatic heterocycles. The van der Waals surface area contributed by atoms with Gasteiger partial charge in [0.1, 0.15) is 0 Å². The van der Waals surface area contributed by atoms with E-state index < -0.39 is 0 Å². The maximum atomic E-state index is 11.8. The molecule has 1 aliphatic heterocycles. The van der Waals surface area contributed by atoms with Gasteiger partial charge in [0.2, 0.25) is 0 Å². The normalized spacial score (nSPS) is 21.3. The molecule has 1 fully saturated rings. The number of hydrogen-bond donors (Lipinski definition) is 1. The van der Waals surface area contributed by atoms with Gasteiger partial charge in [-0.1, -0.05) is 0 Å². The third kappa shape index (κ3) is 3.35. The summed E-state index contributed by atoms with van der Waals surface area (Å²) >= 11 is 5.79. The average molecular weight is 353 g/mol. The topological polar surface area (TPSA) is 29.1 Å². The zero-order valence-corrected chi connectivity index (χ0v) is 12.0. The van der Waals surface area contributed by atoms with E-state index in [-0.39, 0.29) is 5.91 Å². The van der Waals surface area contributed by atoms with Crippen molar-refractivity contribution in [3.8, 4) is 0 Å². The second-order valence-corrected chi connectivity index (χ2v) is 7.48. The Bertz CT molecular complexity index is 347. The highest BCUT2D eigenvalue weighted by Gasteiger charge is 2.17. The van der Waals surface area contributed by atoms with Crippen molar-refractivity contribution in [2.45, 2.75) is 18.9 Å². The minimum Gasteiger partial charge on any atom is -0.348 e. The molecule has 0 radical (unpaired) electrons. The number of thioether (sulfide) groups is 1. The van der Waals surface area contributed by atoms with Gasteiger partial charge in [-0.05, 0) is 47.3 Å². The second-order valence-electron chi connectivity index (χ2n) is 3.53. The number of thiophene rings is 1. The largest absolute Gasteiger partial charge is 0.348 e. The summed E-state index contributed by atoms with van der Waals surface area (Å²) in [5, 5.41) is 5.02. The number of rotatable bonds is 2. The summed E-state index contributed by atoms with van der Waals surface area (Å²) in [5.74, 6) is 2.39. The Balaban J connectivity index is 1.91. The summed E-state index contributed by atoms with van der Waals surface area (Å²) in [4.78, 5) is 11.8. The summed E-state index contributed by atoms with van der Waals surface area (Å²) in [5.41, 5.74) is 0.806. The Kier molecular flexibility index (Phi) is 4.33. The smallest absolute Gasteiger partial charge is 0.252 e. The molecule has 82 valence electrons. The molecule has 5 heteroatoms. The molecule has 1 saturated heterocycles. The molecule has 1 atom stereocenters. The molecule has 1 N–H and O–H groups in total. The van der Waals surface area contributed by atoms with Crippen LogP contribution in [0.3, 0.4) is 0 Å². The minimum absolute atomic E-state index is 0.0849. The fourth-order valence-corrected chi connectivity index (χ4v) is 3.95. The van der Waals surface area contributed by atoms with Crippen molar-refractivity contribution in [3.63, 3.8) is 0 Å². The van der Waals surface area contributed by atoms with Crippen LogP contribution in [0, 0.1) is 2.88 Å². The van der Waals surface area contributed by atoms with Crippen molar-refractivity contribution in [3.05, 3.63) is 19.9 Å². The number of carbonyl (C=O) groups excluding carboxylic acids is 1. The van der Waals surface area contributed by atoms with Gasteiger partial charge in [0, 0.05) is 17.2 Å². The van der Waals surface area contributed by atoms with Crippen molar-refractivity contribution >= 4 is 51.6 Å². The van der Waals surface area contributed by atoms with E-state index >= 15 is 0 Å². The Morgan fingerprint density at radius 1 is 1.60 bits per heavy atom. The highest BCUT2D eigenvalue weighted by molar-refractivity contribution is 14.1. The summed E-state index contributed by atoms with van der Waals surface area (Å²) in [6.45, 7) is 0. The monoisotopic (exact) mass is 353 g/mol. The van der Waals surface area contributed by atoms with Crippen LogP contribution in [0.25, 0.3) is 0 Å². The molecule has 0 aromatic carbocycles. The number of nitrogens with one attached hydrogen (secondary N) is 1. The fourth-order valence-electron chi connectivity index (χ4n) is 1.55. The van der Waals surface area contributed by atoms with Crippen molar-refractivity contribution in [1.82, 2.24) is 5.32 Å². The second kappa shape index (κ2) is 5.54. The van der Waals surface area contributed by atoms with Crippen LogP contribution < -0.4 is 5.32 Å². The van der Waals surface area contributed by atoms with Crippen molar-refractivity contribution < 1.29 is 4.79 Å². The molecule has 1 unspecified atom stereocenters. The SMILES string of the molecule is O=C(NC1CCCSC1)c1csc(I)c1. The molecule has 0 saturated carbocycles. The predicted molar refractivity (Wildman–Crippen MR) is 74.8 cm³/mol. The van der Waals surface area contributed by atoms with E-state index in [2.05, 4.69) is 27.9 Å². The van der Waals surface area contributed by atoms with Crippen molar-refractivity contribution in [1.29, 1.82) is 0 Å². The van der Waals surface area contributed by atoms with Crippen LogP contribution in [0.2, 0.25) is 0 Å². The summed E-state index contributed by atoms with van der Waals surface area (Å²) in [6, 6.07) is 2.31. The summed E-state index contributed by atoms with van der Waals surface area (Å²) in [7, 11) is 0. The van der Waals surface area contributed by atoms with E-state index in [1.165, 1.54) is 12.2 Å². The first-order chi connectivity index (χ1) is 7.25. The molecule has 15 heavy (non-hydrogen) atoms. The van der Waals surface area contributed by atoms with Gasteiger partial charge in [0.05, 0.1) is 8.45 Å². The molecule has 0 aliphatic carbocycles. The van der Waals surface area contributed by atoms with Gasteiger partial charge in [-0.25, -0.2) is 0 Å². The first-order valence-electron chi connectivity index (χ1n) is 4.88. The molecule has 1 amide bonds. The highest BCUT2D eigenvalue weighted by atomic mass is 127. The fraction of sp³-hybridized carbons (Fsp3) is 0.500. The Morgan fingerprint density at radius 2 is 2.47 bits per heavy atom. The van der Waals surface area contributed by atoms with E-state index in [9.17, 15) is 4.79 Å². The maximum absolute atomic E-state index is 11.8. The van der Waals surface area contributed by atoms with E-state index in [4.69, 9.17) is 0 Å². The maximum Gasteiger partial charge on any atom is 0.252 e. The number of hydrogen-bond acceptors (Lipinski definition) is 3. The third-order valence-electron chi connectivity index (χ3n) is 2.33. The zero-order chi connectivity index (χ0) is 10.7. The molecule has 2 nitrogen and oxygen atoms in total. The zero-order valence-electron chi connectivity index (χ0n) is 8.16. The molecule has 0 bridgehead atoms. The van der Waals surface area contributed by atoms with Gasteiger partial charge >= 0.3 is 0 Å². The molecular formula is C10H12INOS2. The van der Waals surface area contributed by atoms with Crippen LogP contribution in [0.1, 0.15) is 23.2 Å². The highest BCUT2D eigenvalue weighted by Crippen LogP contribution is 2.19. The van der Waals surface area contributed by atoms with Gasteiger partial charge < -0.3 is 5.32 Å². The van der Waals surface area contributed by atoms with Crippen LogP contribution in [0.5, 0.6) is 0 Å². The molecule has 2 rings (SSSR count). The third-order valence-corrected chi connectivity index (χ3v) is 5.33. The van der Waals surface area contributed by atoms with Crippen LogP contribution in [0.4, 0.5) is 0 Å². The predicted octanol–water partition coefficient (Wildman–Crippen LogP) is 2.98. The van der Waals surface area contributed by atoms with Gasteiger partial charge in [-0.15, -0.1) is 11.3 Å². The van der Waals surface area contributed by atoms with Crippen molar-refractivity contribution in [2.24, 2.45) is 0 Å². The van der Waals surface area contributed by atoms with Gasteiger partial charge in [-0.3, -0.25) is 4.79 Å². The van der Waals surface area contributed by atoms with E-state index in [1.807, 2.05) is 23.2 Å². The minimum atomic E-state index is 0.0849. The van der Waals surface area contributed by atoms with Crippen molar-refractivity contribution in [2.75, 3.05) is 11.5 Å². The Labute approximate surface area is 111 Å². The van der Waals surface area contributed by atoms with E-state index in [0.29, 0.717) is 6.04 Å². The molecule has 2 heterocycles. The van der Waals surface area contributed by atoms with Gasteiger partial charge in [-0.2, -0.15) is 11.8 Å². The molecule has 1 aromatic rings. The van der Waals surface area contributed by atoms with E-state index in [0.717, 1.165) is 20.6 Å². The first-order valence-corrected chi connectivity index (χ1v) is 7.99. The van der Waals surface area contributed by atoms with Gasteiger partial charge in [0.15, 0.2) is 0 Å². The molecule has 1 aliphatic rings. The lowest BCUT2D eigenvalue weighted by molar-refractivity contribution is 0.0939. The van der Waals surface area contributed by atoms with Gasteiger partial charge in [0.25, 0.3) is 5.91 Å². The average Bonchev–Trinajstić information content (AvgIpc) is 2.66. The Hall–Kier alpha value is 0.250. The number of amides is 1. The summed E-state index contributed by atoms with van der Waals surface area (Å²) < 4.78 is 1.16. The number of carbonyl (C=O) groups is 1. The Morgan fingerprint density at radius 3 is 3.07 bits per heavy atom. The standard InChI is InChI=1S/C10H12INOS2/c11-9-4-7(5-15-9)10(13)12-8-2-1-3-14-6-8/h4-5,8H,1-3,6H2,(H,12,13). The van der Waals surface area contributed by atoms with Crippen LogP contribution >= 0.6 is 45.7 Å². The van der Waals surface area contributed by atoms with E-state index in [1.54, 1.807) is 11.3 Å². The number of halogens is 1. The first kappa shape index (κ1) is 11.7. The molecular weight excluding hydrogens is 341 g/mol. The lowest BCUT2D eigenvalue weighted by Gasteiger charge is -2.22. The quantitative estimate of drug-likeness (QED) is 0.829. The lowest BCUT2D eigenvalue weighted by atomic mass is 10.2.